The number of methoxy groups -OCH3 is 2. The van der Waals surface area contributed by atoms with E-state index in [-0.39, 0.29) is 43.1 Å². The fourth-order valence-corrected chi connectivity index (χ4v) is 3.41. The van der Waals surface area contributed by atoms with Crippen molar-refractivity contribution in [1.82, 2.24) is 10.2 Å². The summed E-state index contributed by atoms with van der Waals surface area (Å²) in [6.45, 7) is 1.88. The van der Waals surface area contributed by atoms with E-state index in [1.165, 1.54) is 0 Å². The van der Waals surface area contributed by atoms with Gasteiger partial charge in [-0.25, -0.2) is 0 Å². The molecule has 3 rings (SSSR count). The number of rotatable bonds is 7. The van der Waals surface area contributed by atoms with Crippen molar-refractivity contribution in [2.75, 3.05) is 20.8 Å². The van der Waals surface area contributed by atoms with Crippen LogP contribution in [0, 0.1) is 0 Å². The molecule has 1 atom stereocenters. The van der Waals surface area contributed by atoms with E-state index in [4.69, 9.17) is 9.47 Å². The zero-order valence-corrected chi connectivity index (χ0v) is 16.7. The summed E-state index contributed by atoms with van der Waals surface area (Å²) >= 11 is 0. The lowest BCUT2D eigenvalue weighted by Gasteiger charge is -2.26. The van der Waals surface area contributed by atoms with Crippen LogP contribution in [0.2, 0.25) is 0 Å². The van der Waals surface area contributed by atoms with Crippen molar-refractivity contribution in [2.24, 2.45) is 0 Å². The van der Waals surface area contributed by atoms with Crippen molar-refractivity contribution in [3.63, 3.8) is 0 Å². The number of hydrogen-bond acceptors (Lipinski definition) is 5. The van der Waals surface area contributed by atoms with Gasteiger partial charge in [-0.1, -0.05) is 18.2 Å². The molecular formula is C22H24N2O5. The summed E-state index contributed by atoms with van der Waals surface area (Å²) in [6.07, 6.45) is 0.192. The van der Waals surface area contributed by atoms with Crippen LogP contribution in [-0.2, 0) is 16.0 Å². The molecule has 0 saturated carbocycles. The minimum atomic E-state index is -0.354. The molecule has 1 heterocycles. The van der Waals surface area contributed by atoms with E-state index in [0.717, 1.165) is 16.0 Å². The van der Waals surface area contributed by atoms with Gasteiger partial charge >= 0.3 is 0 Å². The highest BCUT2D eigenvalue weighted by molar-refractivity contribution is 6.09. The predicted molar refractivity (Wildman–Crippen MR) is 107 cm³/mol. The lowest BCUT2D eigenvalue weighted by molar-refractivity contribution is -0.129. The van der Waals surface area contributed by atoms with Crippen LogP contribution in [-0.4, -0.2) is 43.4 Å². The molecule has 0 spiro atoms. The smallest absolute Gasteiger partial charge is 0.260 e. The summed E-state index contributed by atoms with van der Waals surface area (Å²) in [6, 6.07) is 12.1. The van der Waals surface area contributed by atoms with Crippen molar-refractivity contribution in [3.05, 3.63) is 59.2 Å². The number of amides is 3. The molecule has 7 heteroatoms. The Morgan fingerprint density at radius 3 is 2.62 bits per heavy atom. The summed E-state index contributed by atoms with van der Waals surface area (Å²) < 4.78 is 10.6. The average Bonchev–Trinajstić information content (AvgIpc) is 2.73. The quantitative estimate of drug-likeness (QED) is 0.727. The van der Waals surface area contributed by atoms with Crippen LogP contribution in [0.25, 0.3) is 0 Å². The standard InChI is InChI=1S/C22H24N2O5/c1-14(18-13-16(28-2)8-9-19(18)29-3)23-20(25)10-11-24-21(26)12-15-6-4-5-7-17(15)22(24)27/h4-9,13-14H,10-12H2,1-3H3,(H,23,25)/t14-/m1/s1. The van der Waals surface area contributed by atoms with E-state index in [1.807, 2.05) is 6.92 Å². The van der Waals surface area contributed by atoms with E-state index in [0.29, 0.717) is 17.1 Å². The number of nitrogens with zero attached hydrogens (tertiary/aromatic N) is 1. The average molecular weight is 396 g/mol. The Kier molecular flexibility index (Phi) is 6.16. The van der Waals surface area contributed by atoms with Crippen molar-refractivity contribution in [1.29, 1.82) is 0 Å². The number of carbonyl (C=O) groups is 3. The molecule has 0 unspecified atom stereocenters. The highest BCUT2D eigenvalue weighted by Gasteiger charge is 2.30. The molecule has 2 aromatic carbocycles. The summed E-state index contributed by atoms with van der Waals surface area (Å²) in [5.41, 5.74) is 2.02. The van der Waals surface area contributed by atoms with Crippen molar-refractivity contribution < 1.29 is 23.9 Å². The Hall–Kier alpha value is -3.35. The number of imide groups is 1. The normalized spacial score (nSPS) is 14.2. The van der Waals surface area contributed by atoms with Gasteiger partial charge in [0.15, 0.2) is 0 Å². The number of benzene rings is 2. The minimum absolute atomic E-state index is 0.0241. The van der Waals surface area contributed by atoms with E-state index in [2.05, 4.69) is 5.32 Å². The molecule has 0 saturated heterocycles. The molecule has 29 heavy (non-hydrogen) atoms. The van der Waals surface area contributed by atoms with Gasteiger partial charge in [0.05, 0.1) is 26.7 Å². The largest absolute Gasteiger partial charge is 0.497 e. The molecule has 0 aliphatic carbocycles. The molecule has 2 aromatic rings. The van der Waals surface area contributed by atoms with Gasteiger partial charge in [-0.2, -0.15) is 0 Å². The molecule has 0 radical (unpaired) electrons. The lowest BCUT2D eigenvalue weighted by atomic mass is 9.98. The molecule has 7 nitrogen and oxygen atoms in total. The first-order chi connectivity index (χ1) is 13.9. The van der Waals surface area contributed by atoms with E-state index in [9.17, 15) is 14.4 Å². The Balaban J connectivity index is 1.63. The van der Waals surface area contributed by atoms with Gasteiger partial charge in [0.2, 0.25) is 11.8 Å². The van der Waals surface area contributed by atoms with Crippen LogP contribution >= 0.6 is 0 Å². The van der Waals surface area contributed by atoms with Gasteiger partial charge in [0.1, 0.15) is 11.5 Å². The maximum Gasteiger partial charge on any atom is 0.260 e. The molecule has 152 valence electrons. The predicted octanol–water partition coefficient (Wildman–Crippen LogP) is 2.50. The monoisotopic (exact) mass is 396 g/mol. The topological polar surface area (TPSA) is 84.9 Å². The maximum absolute atomic E-state index is 12.6. The zero-order valence-electron chi connectivity index (χ0n) is 16.7. The van der Waals surface area contributed by atoms with E-state index in [1.54, 1.807) is 56.7 Å². The molecule has 1 aliphatic rings. The molecule has 1 N–H and O–H groups in total. The Bertz CT molecular complexity index is 941. The molecular weight excluding hydrogens is 372 g/mol. The SMILES string of the molecule is COc1ccc(OC)c([C@@H](C)NC(=O)CCN2C(=O)Cc3ccccc3C2=O)c1. The fourth-order valence-electron chi connectivity index (χ4n) is 3.41. The lowest BCUT2D eigenvalue weighted by Crippen LogP contribution is -2.44. The fraction of sp³-hybridized carbons (Fsp3) is 0.318. The van der Waals surface area contributed by atoms with Crippen molar-refractivity contribution >= 4 is 17.7 Å². The third kappa shape index (κ3) is 4.39. The van der Waals surface area contributed by atoms with Crippen molar-refractivity contribution in [2.45, 2.75) is 25.8 Å². The molecule has 0 bridgehead atoms. The number of nitrogens with one attached hydrogen (secondary N) is 1. The zero-order chi connectivity index (χ0) is 21.0. The van der Waals surface area contributed by atoms with Gasteiger partial charge < -0.3 is 14.8 Å². The first kappa shape index (κ1) is 20.4. The van der Waals surface area contributed by atoms with Crippen LogP contribution in [0.3, 0.4) is 0 Å². The van der Waals surface area contributed by atoms with Crippen molar-refractivity contribution in [3.8, 4) is 11.5 Å². The first-order valence-electron chi connectivity index (χ1n) is 9.38. The number of ether oxygens (including phenoxy) is 2. The van der Waals surface area contributed by atoms with Crippen LogP contribution in [0.5, 0.6) is 11.5 Å². The third-order valence-corrected chi connectivity index (χ3v) is 4.98. The summed E-state index contributed by atoms with van der Waals surface area (Å²) in [5.74, 6) is 0.389. The third-order valence-electron chi connectivity index (χ3n) is 4.98. The van der Waals surface area contributed by atoms with E-state index < -0.39 is 0 Å². The Labute approximate surface area is 169 Å². The minimum Gasteiger partial charge on any atom is -0.497 e. The van der Waals surface area contributed by atoms with Gasteiger partial charge in [0, 0.05) is 24.1 Å². The number of carbonyl (C=O) groups excluding carboxylic acids is 3. The van der Waals surface area contributed by atoms with Gasteiger partial charge in [0.25, 0.3) is 5.91 Å². The Morgan fingerprint density at radius 2 is 1.90 bits per heavy atom. The van der Waals surface area contributed by atoms with Gasteiger partial charge in [-0.05, 0) is 36.8 Å². The van der Waals surface area contributed by atoms with Crippen LogP contribution in [0.4, 0.5) is 0 Å². The number of hydrogen-bond donors (Lipinski definition) is 1. The molecule has 1 aliphatic heterocycles. The summed E-state index contributed by atoms with van der Waals surface area (Å²) in [7, 11) is 3.13. The highest BCUT2D eigenvalue weighted by atomic mass is 16.5. The Morgan fingerprint density at radius 1 is 1.14 bits per heavy atom. The highest BCUT2D eigenvalue weighted by Crippen LogP contribution is 2.29. The molecule has 0 aromatic heterocycles. The van der Waals surface area contributed by atoms with Gasteiger partial charge in [-0.3, -0.25) is 19.3 Å². The molecule has 0 fully saturated rings. The van der Waals surface area contributed by atoms with E-state index >= 15 is 0 Å². The van der Waals surface area contributed by atoms with Crippen LogP contribution in [0.1, 0.15) is 40.9 Å². The summed E-state index contributed by atoms with van der Waals surface area (Å²) in [5, 5.41) is 2.89. The second-order valence-corrected chi connectivity index (χ2v) is 6.83. The van der Waals surface area contributed by atoms with Crippen LogP contribution in [0.15, 0.2) is 42.5 Å². The molecule has 3 amide bonds. The summed E-state index contributed by atoms with van der Waals surface area (Å²) in [4.78, 5) is 38.5. The van der Waals surface area contributed by atoms with Crippen LogP contribution < -0.4 is 14.8 Å². The maximum atomic E-state index is 12.6. The van der Waals surface area contributed by atoms with Gasteiger partial charge in [-0.15, -0.1) is 0 Å². The second kappa shape index (κ2) is 8.77. The second-order valence-electron chi connectivity index (χ2n) is 6.83. The number of fused-ring (bicyclic) bond motifs is 1. The first-order valence-corrected chi connectivity index (χ1v) is 9.38.